The van der Waals surface area contributed by atoms with Crippen LogP contribution >= 0.6 is 0 Å². The molecule has 1 aliphatic rings. The van der Waals surface area contributed by atoms with Crippen LogP contribution in [0.25, 0.3) is 0 Å². The Hall–Kier alpha value is -1.11. The number of hydrogen-bond donors (Lipinski definition) is 2. The van der Waals surface area contributed by atoms with Gasteiger partial charge in [-0.25, -0.2) is 8.42 Å². The zero-order valence-electron chi connectivity index (χ0n) is 12.5. The number of benzene rings is 1. The average molecular weight is 313 g/mol. The Balaban J connectivity index is 2.07. The third-order valence-electron chi connectivity index (χ3n) is 3.95. The molecule has 0 amide bonds. The molecule has 0 heterocycles. The molecule has 21 heavy (non-hydrogen) atoms. The van der Waals surface area contributed by atoms with Crippen molar-refractivity contribution < 1.29 is 18.3 Å². The summed E-state index contributed by atoms with van der Waals surface area (Å²) in [4.78, 5) is 0.262. The van der Waals surface area contributed by atoms with Gasteiger partial charge >= 0.3 is 0 Å². The van der Waals surface area contributed by atoms with E-state index in [-0.39, 0.29) is 23.1 Å². The molecule has 5 nitrogen and oxygen atoms in total. The molecule has 1 aliphatic carbocycles. The molecule has 1 saturated carbocycles. The highest BCUT2D eigenvalue weighted by Gasteiger charge is 2.39. The number of ether oxygens (including phenoxy) is 1. The van der Waals surface area contributed by atoms with Gasteiger partial charge < -0.3 is 15.2 Å². The second-order valence-corrected chi connectivity index (χ2v) is 7.71. The summed E-state index contributed by atoms with van der Waals surface area (Å²) in [7, 11) is -3.23. The lowest BCUT2D eigenvalue weighted by molar-refractivity contribution is 0.142. The lowest BCUT2D eigenvalue weighted by atomic mass is 9.99. The summed E-state index contributed by atoms with van der Waals surface area (Å²) in [5.41, 5.74) is -0.270. The number of likely N-dealkylation sites (N-methyl/N-ethyl adjacent to an activating group) is 1. The summed E-state index contributed by atoms with van der Waals surface area (Å²) >= 11 is 0. The smallest absolute Gasteiger partial charge is 0.175 e. The van der Waals surface area contributed by atoms with E-state index in [9.17, 15) is 13.5 Å². The van der Waals surface area contributed by atoms with Crippen LogP contribution in [0, 0.1) is 0 Å². The molecule has 1 aromatic carbocycles. The lowest BCUT2D eigenvalue weighted by Gasteiger charge is -2.27. The maximum Gasteiger partial charge on any atom is 0.175 e. The van der Waals surface area contributed by atoms with E-state index < -0.39 is 9.84 Å². The van der Waals surface area contributed by atoms with Crippen LogP contribution in [-0.2, 0) is 9.84 Å². The number of aliphatic hydroxyl groups excluding tert-OH is 1. The summed E-state index contributed by atoms with van der Waals surface area (Å²) in [5, 5.41) is 12.9. The highest BCUT2D eigenvalue weighted by atomic mass is 32.2. The maximum atomic E-state index is 11.6. The van der Waals surface area contributed by atoms with Crippen molar-refractivity contribution in [3.63, 3.8) is 0 Å². The molecule has 2 unspecified atom stereocenters. The first-order chi connectivity index (χ1) is 9.88. The Labute approximate surface area is 126 Å². The molecule has 0 spiro atoms. The van der Waals surface area contributed by atoms with Crippen molar-refractivity contribution in [1.82, 2.24) is 5.32 Å². The topological polar surface area (TPSA) is 75.6 Å². The molecule has 6 heteroatoms. The van der Waals surface area contributed by atoms with Gasteiger partial charge in [-0.1, -0.05) is 13.0 Å². The fourth-order valence-corrected chi connectivity index (χ4v) is 3.54. The largest absolute Gasteiger partial charge is 0.490 e. The third-order valence-corrected chi connectivity index (χ3v) is 5.06. The number of rotatable bonds is 6. The van der Waals surface area contributed by atoms with E-state index in [4.69, 9.17) is 4.74 Å². The summed E-state index contributed by atoms with van der Waals surface area (Å²) in [6, 6.07) is 6.57. The first-order valence-corrected chi connectivity index (χ1v) is 9.10. The Morgan fingerprint density at radius 2 is 2.24 bits per heavy atom. The molecule has 0 bridgehead atoms. The summed E-state index contributed by atoms with van der Waals surface area (Å²) in [6.45, 7) is 2.90. The van der Waals surface area contributed by atoms with Gasteiger partial charge in [0.2, 0.25) is 0 Å². The monoisotopic (exact) mass is 313 g/mol. The van der Waals surface area contributed by atoms with Crippen LogP contribution in [0.4, 0.5) is 0 Å². The fourth-order valence-electron chi connectivity index (χ4n) is 2.88. The molecule has 0 saturated heterocycles. The van der Waals surface area contributed by atoms with Crippen molar-refractivity contribution in [3.05, 3.63) is 24.3 Å². The minimum atomic E-state index is -3.23. The quantitative estimate of drug-likeness (QED) is 0.829. The van der Waals surface area contributed by atoms with E-state index in [1.54, 1.807) is 24.3 Å². The van der Waals surface area contributed by atoms with Crippen molar-refractivity contribution in [2.24, 2.45) is 0 Å². The van der Waals surface area contributed by atoms with Gasteiger partial charge in [-0.3, -0.25) is 0 Å². The molecule has 0 radical (unpaired) electrons. The van der Waals surface area contributed by atoms with Crippen LogP contribution < -0.4 is 10.1 Å². The van der Waals surface area contributed by atoms with Crippen molar-refractivity contribution >= 4 is 9.84 Å². The summed E-state index contributed by atoms with van der Waals surface area (Å²) in [5.74, 6) is 0.563. The predicted octanol–water partition coefficient (Wildman–Crippen LogP) is 1.36. The molecule has 0 aliphatic heterocycles. The highest BCUT2D eigenvalue weighted by molar-refractivity contribution is 7.90. The van der Waals surface area contributed by atoms with E-state index in [1.165, 1.54) is 6.26 Å². The highest BCUT2D eigenvalue weighted by Crippen LogP contribution is 2.33. The Bertz CT molecular complexity index is 587. The number of aliphatic hydroxyl groups is 1. The number of hydrogen-bond acceptors (Lipinski definition) is 5. The van der Waals surface area contributed by atoms with E-state index in [2.05, 4.69) is 5.32 Å². The minimum Gasteiger partial charge on any atom is -0.490 e. The van der Waals surface area contributed by atoms with Gasteiger partial charge in [0.25, 0.3) is 0 Å². The predicted molar refractivity (Wildman–Crippen MR) is 81.3 cm³/mol. The van der Waals surface area contributed by atoms with E-state index in [0.29, 0.717) is 5.75 Å². The molecule has 1 fully saturated rings. The van der Waals surface area contributed by atoms with E-state index >= 15 is 0 Å². The van der Waals surface area contributed by atoms with Crippen LogP contribution in [0.1, 0.15) is 26.2 Å². The molecule has 1 aromatic rings. The number of nitrogens with one attached hydrogen (secondary N) is 1. The second kappa shape index (κ2) is 6.34. The standard InChI is InChI=1S/C15H23NO4S/c1-3-16-15(11-17)8-7-13(10-15)20-12-5-4-6-14(9-12)21(2,18)19/h4-6,9,13,16-17H,3,7-8,10-11H2,1-2H3. The van der Waals surface area contributed by atoms with Gasteiger partial charge in [0, 0.05) is 18.2 Å². The minimum absolute atomic E-state index is 0.00832. The maximum absolute atomic E-state index is 11.6. The Morgan fingerprint density at radius 3 is 2.86 bits per heavy atom. The Morgan fingerprint density at radius 1 is 1.48 bits per heavy atom. The summed E-state index contributed by atoms with van der Waals surface area (Å²) in [6.07, 6.45) is 3.60. The molecule has 2 atom stereocenters. The van der Waals surface area contributed by atoms with Crippen LogP contribution in [-0.4, -0.2) is 44.6 Å². The summed E-state index contributed by atoms with van der Waals surface area (Å²) < 4.78 is 29.0. The van der Waals surface area contributed by atoms with Crippen molar-refractivity contribution in [2.45, 2.75) is 42.7 Å². The van der Waals surface area contributed by atoms with Gasteiger partial charge in [0.15, 0.2) is 9.84 Å². The first kappa shape index (κ1) is 16.3. The van der Waals surface area contributed by atoms with E-state index in [1.807, 2.05) is 6.92 Å². The first-order valence-electron chi connectivity index (χ1n) is 7.21. The van der Waals surface area contributed by atoms with Gasteiger partial charge in [0.1, 0.15) is 11.9 Å². The lowest BCUT2D eigenvalue weighted by Crippen LogP contribution is -2.46. The van der Waals surface area contributed by atoms with E-state index in [0.717, 1.165) is 25.8 Å². The van der Waals surface area contributed by atoms with Gasteiger partial charge in [0.05, 0.1) is 11.5 Å². The van der Waals surface area contributed by atoms with Crippen molar-refractivity contribution in [1.29, 1.82) is 0 Å². The molecule has 118 valence electrons. The van der Waals surface area contributed by atoms with Crippen molar-refractivity contribution in [2.75, 3.05) is 19.4 Å². The number of sulfone groups is 1. The molecule has 2 N–H and O–H groups in total. The van der Waals surface area contributed by atoms with Crippen LogP contribution in [0.3, 0.4) is 0 Å². The van der Waals surface area contributed by atoms with Gasteiger partial charge in [-0.15, -0.1) is 0 Å². The average Bonchev–Trinajstić information content (AvgIpc) is 2.82. The third kappa shape index (κ3) is 3.96. The van der Waals surface area contributed by atoms with Crippen LogP contribution in [0.2, 0.25) is 0 Å². The zero-order chi connectivity index (χ0) is 15.5. The molecule has 2 rings (SSSR count). The Kier molecular flexibility index (Phi) is 4.91. The van der Waals surface area contributed by atoms with Crippen LogP contribution in [0.5, 0.6) is 5.75 Å². The van der Waals surface area contributed by atoms with Gasteiger partial charge in [-0.2, -0.15) is 0 Å². The fraction of sp³-hybridized carbons (Fsp3) is 0.600. The van der Waals surface area contributed by atoms with Gasteiger partial charge in [-0.05, 0) is 37.6 Å². The SMILES string of the molecule is CCNC1(CO)CCC(Oc2cccc(S(C)(=O)=O)c2)C1. The molecular weight excluding hydrogens is 290 g/mol. The molecular formula is C15H23NO4S. The normalized spacial score (nSPS) is 26.0. The zero-order valence-corrected chi connectivity index (χ0v) is 13.3. The molecule has 0 aromatic heterocycles. The van der Waals surface area contributed by atoms with Crippen molar-refractivity contribution in [3.8, 4) is 5.75 Å². The second-order valence-electron chi connectivity index (χ2n) is 5.70. The van der Waals surface area contributed by atoms with Crippen LogP contribution in [0.15, 0.2) is 29.2 Å².